The fourth-order valence-electron chi connectivity index (χ4n) is 12.9. The second-order valence-corrected chi connectivity index (χ2v) is 27.7. The number of hydrogen-bond acceptors (Lipinski definition) is 25. The largest absolute Gasteiger partial charge is 0.394 e. The van der Waals surface area contributed by atoms with Crippen LogP contribution >= 0.6 is 0 Å². The molecular formula is C71H122O25. The Labute approximate surface area is 567 Å². The van der Waals surface area contributed by atoms with Gasteiger partial charge in [-0.1, -0.05) is 105 Å². The van der Waals surface area contributed by atoms with Crippen LogP contribution in [0.25, 0.3) is 0 Å². The third-order valence-electron chi connectivity index (χ3n) is 18.6. The first kappa shape index (κ1) is 87.1. The standard InChI is InChI=1S/C71H122O25/c1-8-9-10-11-12-13-14-15-16-17-18-19-20-51(79)65(89)70-68(92)57(85)37-61(96-70)69(93)63(87)43(6)22-24-50(78)58-36-56(84)67(91)71(95-58)66(90)53(81)29-39(2)21-23-45(73)33-54(82)62(86)44(7)31-47(75)27-41(4)25-40(3)26-46(74)28-42(5)30-52(80)59-35-55(83)64(88)60(94-59)34-48(76)32-49(77)38-72/h8,11-16,19-20,25,29,41-42,44-93H,1,6,9-10,17-18,21-24,26-28,30-38H2,2-5,7H3/b12-11+,14-13+,16-15+,20-19+,39-29+,40-25+/t41-,42+,44-,45+,46+,47-,48+,49-,50+,51-,52-,53-,54+,55+,56+,57+,58+,59+,60+,61+,62-,63-,64-,65+,66-,67-,68-,69+,70+,71+/m0/s1. The van der Waals surface area contributed by atoms with Crippen LogP contribution in [0.2, 0.25) is 0 Å². The van der Waals surface area contributed by atoms with E-state index in [1.165, 1.54) is 12.2 Å². The molecule has 0 aliphatic carbocycles. The van der Waals surface area contributed by atoms with Crippen LogP contribution in [-0.4, -0.2) is 284 Å². The van der Waals surface area contributed by atoms with E-state index in [9.17, 15) is 107 Å². The molecule has 0 unspecified atom stereocenters. The van der Waals surface area contributed by atoms with Crippen LogP contribution in [0.3, 0.4) is 0 Å². The van der Waals surface area contributed by atoms with Crippen molar-refractivity contribution in [1.82, 2.24) is 0 Å². The quantitative estimate of drug-likeness (QED) is 0.0217. The van der Waals surface area contributed by atoms with Gasteiger partial charge in [0.05, 0.1) is 104 Å². The van der Waals surface area contributed by atoms with E-state index in [4.69, 9.17) is 19.3 Å². The lowest BCUT2D eigenvalue weighted by atomic mass is 9.86. The first-order chi connectivity index (χ1) is 45.2. The highest BCUT2D eigenvalue weighted by Gasteiger charge is 2.48. The minimum Gasteiger partial charge on any atom is -0.394 e. The van der Waals surface area contributed by atoms with Gasteiger partial charge in [0.1, 0.15) is 67.1 Å². The summed E-state index contributed by atoms with van der Waals surface area (Å²) in [5, 5.41) is 236. The molecule has 3 aliphatic rings. The molecule has 556 valence electrons. The predicted octanol–water partition coefficient (Wildman–Crippen LogP) is 0.0396. The van der Waals surface area contributed by atoms with E-state index >= 15 is 0 Å². The molecule has 0 saturated carbocycles. The van der Waals surface area contributed by atoms with Crippen molar-refractivity contribution in [3.05, 3.63) is 96.7 Å². The van der Waals surface area contributed by atoms with Gasteiger partial charge in [-0.25, -0.2) is 0 Å². The van der Waals surface area contributed by atoms with Crippen molar-refractivity contribution in [2.75, 3.05) is 6.61 Å². The average molecular weight is 1380 g/mol. The Morgan fingerprint density at radius 3 is 1.66 bits per heavy atom. The highest BCUT2D eigenvalue weighted by molar-refractivity contribution is 5.13. The summed E-state index contributed by atoms with van der Waals surface area (Å²) >= 11 is 0. The van der Waals surface area contributed by atoms with Crippen molar-refractivity contribution in [3.63, 3.8) is 0 Å². The van der Waals surface area contributed by atoms with Gasteiger partial charge in [-0.2, -0.15) is 0 Å². The zero-order valence-electron chi connectivity index (χ0n) is 56.8. The van der Waals surface area contributed by atoms with E-state index in [1.807, 2.05) is 69.4 Å². The highest BCUT2D eigenvalue weighted by Crippen LogP contribution is 2.34. The van der Waals surface area contributed by atoms with Gasteiger partial charge in [0, 0.05) is 38.5 Å². The van der Waals surface area contributed by atoms with E-state index in [0.717, 1.165) is 18.4 Å². The minimum absolute atomic E-state index is 0.00396. The van der Waals surface area contributed by atoms with Gasteiger partial charge in [0.25, 0.3) is 0 Å². The van der Waals surface area contributed by atoms with Gasteiger partial charge >= 0.3 is 0 Å². The van der Waals surface area contributed by atoms with Crippen LogP contribution in [-0.2, 0) is 14.2 Å². The first-order valence-electron chi connectivity index (χ1n) is 34.3. The zero-order chi connectivity index (χ0) is 72.1. The summed E-state index contributed by atoms with van der Waals surface area (Å²) in [4.78, 5) is 0. The normalized spacial score (nSPS) is 30.8. The molecule has 30 atom stereocenters. The monoisotopic (exact) mass is 1370 g/mol. The summed E-state index contributed by atoms with van der Waals surface area (Å²) in [7, 11) is 0. The number of ether oxygens (including phenoxy) is 3. The topological polar surface area (TPSA) is 473 Å². The lowest BCUT2D eigenvalue weighted by Crippen LogP contribution is -2.59. The Morgan fingerprint density at radius 1 is 0.500 bits per heavy atom. The van der Waals surface area contributed by atoms with E-state index in [2.05, 4.69) is 13.2 Å². The zero-order valence-corrected chi connectivity index (χ0v) is 56.8. The molecule has 25 heteroatoms. The molecule has 0 amide bonds. The lowest BCUT2D eigenvalue weighted by molar-refractivity contribution is -0.234. The third-order valence-corrected chi connectivity index (χ3v) is 18.6. The van der Waals surface area contributed by atoms with Crippen molar-refractivity contribution in [3.8, 4) is 0 Å². The maximum Gasteiger partial charge on any atom is 0.115 e. The fourth-order valence-corrected chi connectivity index (χ4v) is 12.9. The van der Waals surface area contributed by atoms with Gasteiger partial charge in [-0.05, 0) is 121 Å². The van der Waals surface area contributed by atoms with Gasteiger partial charge < -0.3 is 127 Å². The van der Waals surface area contributed by atoms with Crippen LogP contribution < -0.4 is 0 Å². The Bertz CT molecular complexity index is 2350. The lowest BCUT2D eigenvalue weighted by Gasteiger charge is -2.42. The smallest absolute Gasteiger partial charge is 0.115 e. The Hall–Kier alpha value is -3.08. The van der Waals surface area contributed by atoms with Crippen molar-refractivity contribution in [2.24, 2.45) is 17.8 Å². The Kier molecular flexibility index (Phi) is 40.9. The number of aliphatic hydroxyl groups is 22. The molecule has 0 aromatic carbocycles. The van der Waals surface area contributed by atoms with E-state index < -0.39 is 177 Å². The summed E-state index contributed by atoms with van der Waals surface area (Å²) in [5.41, 5.74) is 1.35. The van der Waals surface area contributed by atoms with Crippen molar-refractivity contribution < 1.29 is 127 Å². The van der Waals surface area contributed by atoms with Gasteiger partial charge in [-0.3, -0.25) is 0 Å². The molecule has 3 saturated heterocycles. The summed E-state index contributed by atoms with van der Waals surface area (Å²) < 4.78 is 17.5. The molecule has 96 heavy (non-hydrogen) atoms. The van der Waals surface area contributed by atoms with E-state index in [-0.39, 0.29) is 94.5 Å². The maximum atomic E-state index is 11.2. The summed E-state index contributed by atoms with van der Waals surface area (Å²) in [6, 6.07) is 0. The minimum atomic E-state index is -1.83. The molecule has 3 rings (SSSR count). The predicted molar refractivity (Wildman–Crippen MR) is 358 cm³/mol. The molecule has 22 N–H and O–H groups in total. The number of allylic oxidation sites excluding steroid dienone is 10. The fraction of sp³-hybridized carbons (Fsp3) is 0.775. The summed E-state index contributed by atoms with van der Waals surface area (Å²) in [5.74, 6) is -0.907. The Morgan fingerprint density at radius 2 is 1.05 bits per heavy atom. The highest BCUT2D eigenvalue weighted by atomic mass is 16.6. The molecule has 3 fully saturated rings. The average Bonchev–Trinajstić information content (AvgIpc) is 0.830. The number of aliphatic hydroxyl groups excluding tert-OH is 22. The Balaban J connectivity index is 1.42. The third kappa shape index (κ3) is 30.6. The van der Waals surface area contributed by atoms with Crippen LogP contribution in [0.4, 0.5) is 0 Å². The van der Waals surface area contributed by atoms with Gasteiger partial charge in [0.2, 0.25) is 0 Å². The molecule has 0 radical (unpaired) electrons. The molecule has 25 nitrogen and oxygen atoms in total. The second kappa shape index (κ2) is 45.0. The molecule has 0 spiro atoms. The number of hydrogen-bond donors (Lipinski definition) is 22. The van der Waals surface area contributed by atoms with Crippen LogP contribution in [0, 0.1) is 17.8 Å². The molecule has 3 aliphatic heterocycles. The molecular weight excluding hydrogens is 1250 g/mol. The first-order valence-corrected chi connectivity index (χ1v) is 34.3. The van der Waals surface area contributed by atoms with Crippen LogP contribution in [0.15, 0.2) is 96.7 Å². The van der Waals surface area contributed by atoms with Gasteiger partial charge in [0.15, 0.2) is 0 Å². The van der Waals surface area contributed by atoms with Crippen LogP contribution in [0.5, 0.6) is 0 Å². The number of unbranched alkanes of at least 4 members (excludes halogenated alkanes) is 2. The second-order valence-electron chi connectivity index (χ2n) is 27.7. The van der Waals surface area contributed by atoms with Gasteiger partial charge in [-0.15, -0.1) is 6.58 Å². The molecule has 0 aromatic heterocycles. The number of rotatable bonds is 45. The molecule has 0 bridgehead atoms. The summed E-state index contributed by atoms with van der Waals surface area (Å²) in [6.07, 6.45) is -14.4. The van der Waals surface area contributed by atoms with Crippen molar-refractivity contribution in [1.29, 1.82) is 0 Å². The van der Waals surface area contributed by atoms with Crippen molar-refractivity contribution in [2.45, 2.75) is 321 Å². The van der Waals surface area contributed by atoms with Crippen molar-refractivity contribution >= 4 is 0 Å². The van der Waals surface area contributed by atoms with Crippen LogP contribution in [0.1, 0.15) is 157 Å². The molecule has 0 aromatic rings. The van der Waals surface area contributed by atoms with E-state index in [1.54, 1.807) is 19.9 Å². The maximum absolute atomic E-state index is 11.2. The summed E-state index contributed by atoms with van der Waals surface area (Å²) in [6.45, 7) is 15.8. The molecule has 3 heterocycles. The SMILES string of the molecule is C=CCC/C=C/C=C/C=C/CC/C=C/[C@H](O)[C@@H](O)[C@H]1O[C@@H]([C@@H](O)[C@@H](O)C(=C)CC[C@@H](O)[C@H]2C[C@@H](O)[C@H](O)[C@@H]([C@@H](O)[C@@H](O)/C=C(\C)CC[C@@H](O)C[C@@H](O)[C@@H](O)[C@@H](C)C[C@@H](O)C[C@@H](C)/C=C(\C)C[C@@H](O)C[C@@H](C)C[C@H](O)[C@H]3C[C@@H](O)[C@H](O)[C@@H](C[C@H](O)C[C@H](O)CO)O3)O2)C[C@@H](O)[C@@H]1O. The van der Waals surface area contributed by atoms with E-state index in [0.29, 0.717) is 37.7 Å².